The number of benzene rings is 1. The summed E-state index contributed by atoms with van der Waals surface area (Å²) in [5, 5.41) is 8.50. The Morgan fingerprint density at radius 1 is 1.29 bits per heavy atom. The van der Waals surface area contributed by atoms with E-state index in [1.54, 1.807) is 7.11 Å². The zero-order valence-corrected chi connectivity index (χ0v) is 12.3. The van der Waals surface area contributed by atoms with Crippen LogP contribution in [-0.4, -0.2) is 23.9 Å². The topological polar surface area (TPSA) is 52.2 Å². The molecular weight excluding hydrogens is 266 g/mol. The number of nitrogens with one attached hydrogen (secondary N) is 1. The number of hydrogen-bond donors (Lipinski definition) is 1. The van der Waals surface area contributed by atoms with Crippen LogP contribution in [0.1, 0.15) is 17.0 Å². The van der Waals surface area contributed by atoms with E-state index in [1.165, 1.54) is 16.5 Å². The first kappa shape index (κ1) is 13.9. The number of hydrogen-bond acceptors (Lipinski definition) is 4. The van der Waals surface area contributed by atoms with Gasteiger partial charge in [-0.2, -0.15) is 0 Å². The van der Waals surface area contributed by atoms with Gasteiger partial charge in [0.25, 0.3) is 0 Å². The maximum atomic E-state index is 5.23. The second-order valence-corrected chi connectivity index (χ2v) is 5.08. The Balaban J connectivity index is 1.86. The van der Waals surface area contributed by atoms with E-state index in [1.807, 2.05) is 13.1 Å². The van der Waals surface area contributed by atoms with Crippen LogP contribution in [0.2, 0.25) is 0 Å². The predicted octanol–water partition coefficient (Wildman–Crippen LogP) is 2.54. The minimum Gasteiger partial charge on any atom is -0.377 e. The second-order valence-electron chi connectivity index (χ2n) is 5.08. The lowest BCUT2D eigenvalue weighted by atomic mass is 10.1. The van der Waals surface area contributed by atoms with Gasteiger partial charge in [-0.25, -0.2) is 0 Å². The fourth-order valence-electron chi connectivity index (χ4n) is 2.50. The summed E-state index contributed by atoms with van der Waals surface area (Å²) in [5.74, 6) is 0.750. The summed E-state index contributed by atoms with van der Waals surface area (Å²) in [7, 11) is 3.60. The molecule has 2 heterocycles. The van der Waals surface area contributed by atoms with Crippen LogP contribution in [0.4, 0.5) is 0 Å². The summed E-state index contributed by atoms with van der Waals surface area (Å²) < 4.78 is 12.5. The van der Waals surface area contributed by atoms with Crippen molar-refractivity contribution in [1.29, 1.82) is 0 Å². The van der Waals surface area contributed by atoms with Gasteiger partial charge in [0, 0.05) is 31.4 Å². The molecule has 1 N–H and O–H groups in total. The van der Waals surface area contributed by atoms with Crippen molar-refractivity contribution in [1.82, 2.24) is 15.0 Å². The fourth-order valence-corrected chi connectivity index (χ4v) is 2.50. The van der Waals surface area contributed by atoms with Gasteiger partial charge in [-0.05, 0) is 30.1 Å². The highest BCUT2D eigenvalue weighted by Crippen LogP contribution is 2.19. The van der Waals surface area contributed by atoms with Crippen LogP contribution in [0.25, 0.3) is 10.9 Å². The van der Waals surface area contributed by atoms with Crippen molar-refractivity contribution >= 4 is 10.9 Å². The van der Waals surface area contributed by atoms with Gasteiger partial charge in [0.05, 0.1) is 6.54 Å². The lowest BCUT2D eigenvalue weighted by Gasteiger charge is -2.05. The molecule has 0 fully saturated rings. The molecule has 0 amide bonds. The van der Waals surface area contributed by atoms with E-state index in [9.17, 15) is 0 Å². The number of rotatable bonds is 6. The molecule has 3 aromatic rings. The molecule has 0 aliphatic rings. The van der Waals surface area contributed by atoms with Gasteiger partial charge in [-0.3, -0.25) is 0 Å². The molecular formula is C16H19N3O2. The number of nitrogens with zero attached hydrogens (tertiary/aromatic N) is 2. The minimum atomic E-state index is 0.450. The van der Waals surface area contributed by atoms with Crippen molar-refractivity contribution in [3.8, 4) is 0 Å². The third-order valence-electron chi connectivity index (χ3n) is 3.45. The molecule has 110 valence electrons. The van der Waals surface area contributed by atoms with Crippen LogP contribution < -0.4 is 5.32 Å². The molecule has 2 aromatic heterocycles. The van der Waals surface area contributed by atoms with E-state index in [4.69, 9.17) is 9.26 Å². The largest absolute Gasteiger partial charge is 0.377 e. The van der Waals surface area contributed by atoms with E-state index in [0.717, 1.165) is 18.0 Å². The third kappa shape index (κ3) is 2.99. The zero-order chi connectivity index (χ0) is 14.7. The Labute approximate surface area is 123 Å². The Hall–Kier alpha value is -2.11. The Kier molecular flexibility index (Phi) is 4.03. The predicted molar refractivity (Wildman–Crippen MR) is 81.0 cm³/mol. The Morgan fingerprint density at radius 2 is 2.19 bits per heavy atom. The molecule has 1 aromatic carbocycles. The molecule has 0 spiro atoms. The molecule has 5 nitrogen and oxygen atoms in total. The highest BCUT2D eigenvalue weighted by molar-refractivity contribution is 5.80. The van der Waals surface area contributed by atoms with Crippen molar-refractivity contribution in [3.05, 3.63) is 53.5 Å². The highest BCUT2D eigenvalue weighted by Gasteiger charge is 2.07. The second kappa shape index (κ2) is 6.11. The molecule has 0 aliphatic carbocycles. The zero-order valence-electron chi connectivity index (χ0n) is 12.3. The van der Waals surface area contributed by atoms with E-state index in [2.05, 4.69) is 45.5 Å². The average Bonchev–Trinajstić information content (AvgIpc) is 3.08. The minimum absolute atomic E-state index is 0.450. The number of ether oxygens (including phenoxy) is 1. The van der Waals surface area contributed by atoms with Gasteiger partial charge in [0.15, 0.2) is 5.76 Å². The first-order valence-electron chi connectivity index (χ1n) is 6.96. The van der Waals surface area contributed by atoms with Gasteiger partial charge in [0.2, 0.25) is 0 Å². The summed E-state index contributed by atoms with van der Waals surface area (Å²) >= 11 is 0. The summed E-state index contributed by atoms with van der Waals surface area (Å²) in [6.07, 6.45) is 2.08. The van der Waals surface area contributed by atoms with Crippen LogP contribution in [0.5, 0.6) is 0 Å². The SMILES string of the molecule is CNCc1ccc2ccn(Cc3cc(COC)on3)c2c1. The van der Waals surface area contributed by atoms with Crippen molar-refractivity contribution in [2.24, 2.45) is 0 Å². The molecule has 21 heavy (non-hydrogen) atoms. The molecule has 0 unspecified atom stereocenters. The van der Waals surface area contributed by atoms with E-state index in [0.29, 0.717) is 13.2 Å². The first-order chi connectivity index (χ1) is 10.3. The maximum absolute atomic E-state index is 5.23. The summed E-state index contributed by atoms with van der Waals surface area (Å²) in [4.78, 5) is 0. The van der Waals surface area contributed by atoms with Gasteiger partial charge >= 0.3 is 0 Å². The highest BCUT2D eigenvalue weighted by atomic mass is 16.5. The van der Waals surface area contributed by atoms with E-state index < -0.39 is 0 Å². The average molecular weight is 285 g/mol. The standard InChI is InChI=1S/C16H19N3O2/c1-17-9-12-3-4-13-5-6-19(16(13)7-12)10-14-8-15(11-20-2)21-18-14/h3-8,17H,9-11H2,1-2H3. The van der Waals surface area contributed by atoms with Crippen LogP contribution >= 0.6 is 0 Å². The van der Waals surface area contributed by atoms with E-state index in [-0.39, 0.29) is 0 Å². The van der Waals surface area contributed by atoms with Gasteiger partial charge < -0.3 is 19.1 Å². The molecule has 0 atom stereocenters. The fraction of sp³-hybridized carbons (Fsp3) is 0.312. The Morgan fingerprint density at radius 3 is 3.00 bits per heavy atom. The van der Waals surface area contributed by atoms with Crippen molar-refractivity contribution in [3.63, 3.8) is 0 Å². The number of aromatic nitrogens is 2. The van der Waals surface area contributed by atoms with E-state index >= 15 is 0 Å². The van der Waals surface area contributed by atoms with Crippen molar-refractivity contribution < 1.29 is 9.26 Å². The van der Waals surface area contributed by atoms with Crippen molar-refractivity contribution in [2.75, 3.05) is 14.2 Å². The molecule has 5 heteroatoms. The summed E-state index contributed by atoms with van der Waals surface area (Å²) in [5.41, 5.74) is 3.38. The smallest absolute Gasteiger partial charge is 0.162 e. The van der Waals surface area contributed by atoms with Crippen LogP contribution in [0.3, 0.4) is 0 Å². The van der Waals surface area contributed by atoms with Crippen molar-refractivity contribution in [2.45, 2.75) is 19.7 Å². The monoisotopic (exact) mass is 285 g/mol. The van der Waals surface area contributed by atoms with Crippen LogP contribution in [0.15, 0.2) is 41.1 Å². The van der Waals surface area contributed by atoms with Gasteiger partial charge in [0.1, 0.15) is 12.3 Å². The number of methoxy groups -OCH3 is 1. The van der Waals surface area contributed by atoms with Crippen LogP contribution in [-0.2, 0) is 24.4 Å². The first-order valence-corrected chi connectivity index (χ1v) is 6.96. The quantitative estimate of drug-likeness (QED) is 0.756. The van der Waals surface area contributed by atoms with Crippen LogP contribution in [0, 0.1) is 0 Å². The lowest BCUT2D eigenvalue weighted by molar-refractivity contribution is 0.155. The number of fused-ring (bicyclic) bond motifs is 1. The maximum Gasteiger partial charge on any atom is 0.162 e. The third-order valence-corrected chi connectivity index (χ3v) is 3.45. The molecule has 3 rings (SSSR count). The molecule has 0 saturated heterocycles. The molecule has 0 radical (unpaired) electrons. The summed E-state index contributed by atoms with van der Waals surface area (Å²) in [6, 6.07) is 10.6. The Bertz CT molecular complexity index is 730. The molecule has 0 aliphatic heterocycles. The molecule has 0 bridgehead atoms. The molecule has 0 saturated carbocycles. The summed E-state index contributed by atoms with van der Waals surface area (Å²) in [6.45, 7) is 2.01. The normalized spacial score (nSPS) is 11.3. The van der Waals surface area contributed by atoms with Gasteiger partial charge in [-0.15, -0.1) is 0 Å². The lowest BCUT2D eigenvalue weighted by Crippen LogP contribution is -2.05. The van der Waals surface area contributed by atoms with Gasteiger partial charge in [-0.1, -0.05) is 17.3 Å².